The van der Waals surface area contributed by atoms with E-state index in [9.17, 15) is 9.90 Å². The molecule has 1 N–H and O–H groups in total. The normalized spacial score (nSPS) is 9.95. The third-order valence-electron chi connectivity index (χ3n) is 2.52. The summed E-state index contributed by atoms with van der Waals surface area (Å²) in [5, 5.41) is 9.17. The number of nitrogens with zero attached hydrogens (tertiary/aromatic N) is 1. The zero-order chi connectivity index (χ0) is 13.7. The Morgan fingerprint density at radius 3 is 2.63 bits per heavy atom. The largest absolute Gasteiger partial charge is 0.488 e. The van der Waals surface area contributed by atoms with Crippen LogP contribution in [0.4, 0.5) is 0 Å². The van der Waals surface area contributed by atoms with E-state index in [4.69, 9.17) is 9.47 Å². The molecular formula is C14H13NO4. The summed E-state index contributed by atoms with van der Waals surface area (Å²) >= 11 is 0. The van der Waals surface area contributed by atoms with Crippen LogP contribution in [0.5, 0.6) is 11.6 Å². The number of carboxylic acid groups (broad SMARTS) is 1. The summed E-state index contributed by atoms with van der Waals surface area (Å²) in [6.07, 6.45) is 1.45. The van der Waals surface area contributed by atoms with Gasteiger partial charge in [0.2, 0.25) is 5.88 Å². The number of pyridine rings is 1. The van der Waals surface area contributed by atoms with E-state index in [-0.39, 0.29) is 23.8 Å². The third kappa shape index (κ3) is 3.01. The second-order valence-electron chi connectivity index (χ2n) is 3.77. The molecule has 0 fully saturated rings. The highest BCUT2D eigenvalue weighted by molar-refractivity contribution is 5.93. The lowest BCUT2D eigenvalue weighted by molar-refractivity contribution is 0.0687. The topological polar surface area (TPSA) is 68.7 Å². The minimum atomic E-state index is -1.13. The van der Waals surface area contributed by atoms with E-state index < -0.39 is 5.97 Å². The fourth-order valence-corrected chi connectivity index (χ4v) is 1.63. The first kappa shape index (κ1) is 12.9. The first-order valence-electron chi connectivity index (χ1n) is 5.65. The molecule has 1 aromatic carbocycles. The van der Waals surface area contributed by atoms with Gasteiger partial charge in [-0.15, -0.1) is 0 Å². The summed E-state index contributed by atoms with van der Waals surface area (Å²) < 4.78 is 10.5. The fourth-order valence-electron chi connectivity index (χ4n) is 1.63. The lowest BCUT2D eigenvalue weighted by Gasteiger charge is -2.11. The summed E-state index contributed by atoms with van der Waals surface area (Å²) in [4.78, 5) is 15.1. The van der Waals surface area contributed by atoms with Crippen molar-refractivity contribution in [3.8, 4) is 11.6 Å². The van der Waals surface area contributed by atoms with E-state index in [1.54, 1.807) is 0 Å². The van der Waals surface area contributed by atoms with Gasteiger partial charge < -0.3 is 14.6 Å². The van der Waals surface area contributed by atoms with Gasteiger partial charge in [0.25, 0.3) is 0 Å². The lowest BCUT2D eigenvalue weighted by Crippen LogP contribution is -2.07. The minimum absolute atomic E-state index is 0.0399. The van der Waals surface area contributed by atoms with E-state index >= 15 is 0 Å². The van der Waals surface area contributed by atoms with Crippen LogP contribution < -0.4 is 9.47 Å². The molecule has 5 heteroatoms. The SMILES string of the molecule is COc1nccc(OCc2ccccc2)c1C(=O)O. The molecule has 0 bridgehead atoms. The van der Waals surface area contributed by atoms with E-state index in [1.807, 2.05) is 30.3 Å². The molecule has 0 saturated heterocycles. The molecule has 1 heterocycles. The average Bonchev–Trinajstić information content (AvgIpc) is 2.45. The summed E-state index contributed by atoms with van der Waals surface area (Å²) in [7, 11) is 1.37. The van der Waals surface area contributed by atoms with Gasteiger partial charge in [-0.3, -0.25) is 0 Å². The fraction of sp³-hybridized carbons (Fsp3) is 0.143. The molecule has 0 aliphatic carbocycles. The first-order chi connectivity index (χ1) is 9.22. The number of hydrogen-bond acceptors (Lipinski definition) is 4. The van der Waals surface area contributed by atoms with Crippen molar-refractivity contribution in [3.05, 3.63) is 53.7 Å². The molecule has 5 nitrogen and oxygen atoms in total. The van der Waals surface area contributed by atoms with Crippen LogP contribution in [0, 0.1) is 0 Å². The zero-order valence-corrected chi connectivity index (χ0v) is 10.4. The standard InChI is InChI=1S/C14H13NO4/c1-18-13-12(14(16)17)11(7-8-15-13)19-9-10-5-3-2-4-6-10/h2-8H,9H2,1H3,(H,16,17). The van der Waals surface area contributed by atoms with Crippen molar-refractivity contribution in [1.82, 2.24) is 4.98 Å². The maximum atomic E-state index is 11.2. The van der Waals surface area contributed by atoms with Crippen molar-refractivity contribution in [3.63, 3.8) is 0 Å². The number of hydrogen-bond donors (Lipinski definition) is 1. The van der Waals surface area contributed by atoms with E-state index in [2.05, 4.69) is 4.98 Å². The number of methoxy groups -OCH3 is 1. The highest BCUT2D eigenvalue weighted by atomic mass is 16.5. The number of aromatic nitrogens is 1. The van der Waals surface area contributed by atoms with Crippen LogP contribution in [0.15, 0.2) is 42.6 Å². The summed E-state index contributed by atoms with van der Waals surface area (Å²) in [6, 6.07) is 11.0. The molecule has 0 radical (unpaired) electrons. The molecule has 0 saturated carbocycles. The van der Waals surface area contributed by atoms with Crippen molar-refractivity contribution < 1.29 is 19.4 Å². The summed E-state index contributed by atoms with van der Waals surface area (Å²) in [5.41, 5.74) is 0.885. The van der Waals surface area contributed by atoms with Crippen LogP contribution in [0.1, 0.15) is 15.9 Å². The Balaban J connectivity index is 2.23. The van der Waals surface area contributed by atoms with Gasteiger partial charge in [0.1, 0.15) is 12.4 Å². The molecule has 0 unspecified atom stereocenters. The Bertz CT molecular complexity index is 569. The number of rotatable bonds is 5. The first-order valence-corrected chi connectivity index (χ1v) is 5.65. The molecule has 1 aromatic heterocycles. The third-order valence-corrected chi connectivity index (χ3v) is 2.52. The number of carbonyl (C=O) groups is 1. The monoisotopic (exact) mass is 259 g/mol. The predicted octanol–water partition coefficient (Wildman–Crippen LogP) is 2.37. The molecule has 0 atom stereocenters. The van der Waals surface area contributed by atoms with Crippen molar-refractivity contribution in [2.45, 2.75) is 6.61 Å². The Labute approximate surface area is 110 Å². The second-order valence-corrected chi connectivity index (χ2v) is 3.77. The quantitative estimate of drug-likeness (QED) is 0.892. The van der Waals surface area contributed by atoms with Crippen LogP contribution in [0.2, 0.25) is 0 Å². The second kappa shape index (κ2) is 5.86. The van der Waals surface area contributed by atoms with E-state index in [0.717, 1.165) is 5.56 Å². The highest BCUT2D eigenvalue weighted by Crippen LogP contribution is 2.26. The van der Waals surface area contributed by atoms with Crippen LogP contribution in [0.3, 0.4) is 0 Å². The van der Waals surface area contributed by atoms with Gasteiger partial charge >= 0.3 is 5.97 Å². The number of aromatic carboxylic acids is 1. The molecule has 0 spiro atoms. The molecule has 0 aliphatic heterocycles. The van der Waals surface area contributed by atoms with Crippen LogP contribution >= 0.6 is 0 Å². The van der Waals surface area contributed by atoms with Gasteiger partial charge in [-0.05, 0) is 11.6 Å². The smallest absolute Gasteiger partial charge is 0.345 e. The van der Waals surface area contributed by atoms with Crippen molar-refractivity contribution >= 4 is 5.97 Å². The number of carboxylic acids is 1. The van der Waals surface area contributed by atoms with Gasteiger partial charge in [0.05, 0.1) is 7.11 Å². The maximum Gasteiger partial charge on any atom is 0.345 e. The predicted molar refractivity (Wildman–Crippen MR) is 68.5 cm³/mol. The van der Waals surface area contributed by atoms with Crippen molar-refractivity contribution in [2.24, 2.45) is 0 Å². The Morgan fingerprint density at radius 1 is 1.26 bits per heavy atom. The van der Waals surface area contributed by atoms with Crippen LogP contribution in [0.25, 0.3) is 0 Å². The lowest BCUT2D eigenvalue weighted by atomic mass is 10.2. The van der Waals surface area contributed by atoms with Gasteiger partial charge in [0.15, 0.2) is 5.56 Å². The van der Waals surface area contributed by atoms with Gasteiger partial charge in [-0.1, -0.05) is 30.3 Å². The van der Waals surface area contributed by atoms with Crippen LogP contribution in [-0.2, 0) is 6.61 Å². The van der Waals surface area contributed by atoms with E-state index in [0.29, 0.717) is 0 Å². The molecule has 2 rings (SSSR count). The van der Waals surface area contributed by atoms with Crippen molar-refractivity contribution in [1.29, 1.82) is 0 Å². The molecule has 0 amide bonds. The Kier molecular flexibility index (Phi) is 3.97. The summed E-state index contributed by atoms with van der Waals surface area (Å²) in [5.74, 6) is -0.853. The van der Waals surface area contributed by atoms with Gasteiger partial charge in [-0.2, -0.15) is 0 Å². The van der Waals surface area contributed by atoms with Crippen LogP contribution in [-0.4, -0.2) is 23.2 Å². The van der Waals surface area contributed by atoms with Gasteiger partial charge in [-0.25, -0.2) is 9.78 Å². The number of ether oxygens (including phenoxy) is 2. The minimum Gasteiger partial charge on any atom is -0.488 e. The number of benzene rings is 1. The molecule has 0 aliphatic rings. The Morgan fingerprint density at radius 2 is 2.00 bits per heavy atom. The molecular weight excluding hydrogens is 246 g/mol. The highest BCUT2D eigenvalue weighted by Gasteiger charge is 2.18. The van der Waals surface area contributed by atoms with Crippen molar-refractivity contribution in [2.75, 3.05) is 7.11 Å². The Hall–Kier alpha value is -2.56. The van der Waals surface area contributed by atoms with Gasteiger partial charge in [0, 0.05) is 6.20 Å². The summed E-state index contributed by atoms with van der Waals surface area (Å²) in [6.45, 7) is 0.286. The molecule has 2 aromatic rings. The molecule has 19 heavy (non-hydrogen) atoms. The zero-order valence-electron chi connectivity index (χ0n) is 10.4. The molecule has 98 valence electrons. The maximum absolute atomic E-state index is 11.2. The average molecular weight is 259 g/mol. The van der Waals surface area contributed by atoms with E-state index in [1.165, 1.54) is 19.4 Å².